The summed E-state index contributed by atoms with van der Waals surface area (Å²) in [5.74, 6) is 0.187. The van der Waals surface area contributed by atoms with Gasteiger partial charge in [0.15, 0.2) is 0 Å². The lowest BCUT2D eigenvalue weighted by atomic mass is 9.92. The van der Waals surface area contributed by atoms with Crippen LogP contribution in [-0.2, 0) is 4.74 Å². The maximum Gasteiger partial charge on any atom is 0.409 e. The van der Waals surface area contributed by atoms with Gasteiger partial charge in [0, 0.05) is 63.5 Å². The lowest BCUT2D eigenvalue weighted by Gasteiger charge is -2.47. The van der Waals surface area contributed by atoms with Crippen molar-refractivity contribution in [2.45, 2.75) is 38.9 Å². The Morgan fingerprint density at radius 2 is 1.66 bits per heavy atom. The first kappa shape index (κ1) is 27.7. The molecule has 0 aliphatic carbocycles. The molecule has 2 aromatic rings. The fraction of sp³-hybridized carbons (Fsp3) is 0.467. The Morgan fingerprint density at radius 1 is 1.00 bits per heavy atom. The molecule has 2 aliphatic heterocycles. The SMILES string of the molecule is C=CCN1C[C@@H](C)N(C(c2cccc(O)c2)c2cccc(C(=O)N3CCN(C(=O)OCC)CC3)c2)C[C@H]1C. The van der Waals surface area contributed by atoms with Crippen molar-refractivity contribution in [3.05, 3.63) is 77.9 Å². The Hall–Kier alpha value is -3.36. The number of hydrogen-bond donors (Lipinski definition) is 1. The highest BCUT2D eigenvalue weighted by Gasteiger charge is 2.35. The first-order valence-electron chi connectivity index (χ1n) is 13.5. The van der Waals surface area contributed by atoms with Crippen LogP contribution in [0.15, 0.2) is 61.2 Å². The summed E-state index contributed by atoms with van der Waals surface area (Å²) in [6.07, 6.45) is 1.62. The Morgan fingerprint density at radius 3 is 2.32 bits per heavy atom. The summed E-state index contributed by atoms with van der Waals surface area (Å²) >= 11 is 0. The van der Waals surface area contributed by atoms with E-state index < -0.39 is 0 Å². The van der Waals surface area contributed by atoms with Crippen molar-refractivity contribution >= 4 is 12.0 Å². The van der Waals surface area contributed by atoms with Crippen molar-refractivity contribution in [2.24, 2.45) is 0 Å². The number of piperazine rings is 2. The number of nitrogens with zero attached hydrogens (tertiary/aromatic N) is 4. The summed E-state index contributed by atoms with van der Waals surface area (Å²) in [7, 11) is 0. The van der Waals surface area contributed by atoms with Crippen molar-refractivity contribution in [3.8, 4) is 5.75 Å². The standard InChI is InChI=1S/C30H40N4O4/c1-5-13-33-20-23(4)34(21-22(33)3)28(25-10-8-12-27(35)19-25)24-9-7-11-26(18-24)29(36)31-14-16-32(17-15-31)30(37)38-6-2/h5,7-12,18-19,22-23,28,35H,1,6,13-17,20-21H2,2-4H3/t22-,23-,28?/m1/s1. The van der Waals surface area contributed by atoms with Crippen molar-refractivity contribution in [2.75, 3.05) is 52.4 Å². The van der Waals surface area contributed by atoms with E-state index in [1.807, 2.05) is 42.5 Å². The van der Waals surface area contributed by atoms with Crippen LogP contribution >= 0.6 is 0 Å². The smallest absolute Gasteiger partial charge is 0.409 e. The van der Waals surface area contributed by atoms with Crippen LogP contribution in [-0.4, -0.2) is 101 Å². The minimum Gasteiger partial charge on any atom is -0.508 e. The average molecular weight is 521 g/mol. The van der Waals surface area contributed by atoms with Gasteiger partial charge in [-0.05, 0) is 56.2 Å². The summed E-state index contributed by atoms with van der Waals surface area (Å²) in [5.41, 5.74) is 2.64. The summed E-state index contributed by atoms with van der Waals surface area (Å²) < 4.78 is 5.10. The van der Waals surface area contributed by atoms with E-state index in [1.165, 1.54) is 0 Å². The second-order valence-electron chi connectivity index (χ2n) is 10.2. The van der Waals surface area contributed by atoms with Gasteiger partial charge in [-0.3, -0.25) is 14.6 Å². The molecule has 4 rings (SSSR count). The number of phenols is 1. The second-order valence-corrected chi connectivity index (χ2v) is 10.2. The number of ether oxygens (including phenoxy) is 1. The van der Waals surface area contributed by atoms with E-state index in [4.69, 9.17) is 4.74 Å². The molecule has 38 heavy (non-hydrogen) atoms. The van der Waals surface area contributed by atoms with Gasteiger partial charge in [0.05, 0.1) is 12.6 Å². The molecule has 0 spiro atoms. The molecule has 3 atom stereocenters. The van der Waals surface area contributed by atoms with Crippen LogP contribution in [0.5, 0.6) is 5.75 Å². The molecule has 0 saturated carbocycles. The third kappa shape index (κ3) is 6.19. The molecule has 2 aliphatic rings. The van der Waals surface area contributed by atoms with E-state index in [1.54, 1.807) is 22.8 Å². The molecule has 2 amide bonds. The van der Waals surface area contributed by atoms with Crippen LogP contribution in [0.1, 0.15) is 48.3 Å². The zero-order chi connectivity index (χ0) is 27.2. The Balaban J connectivity index is 1.59. The fourth-order valence-corrected chi connectivity index (χ4v) is 5.61. The van der Waals surface area contributed by atoms with Gasteiger partial charge in [-0.15, -0.1) is 6.58 Å². The van der Waals surface area contributed by atoms with Crippen LogP contribution in [0, 0.1) is 0 Å². The van der Waals surface area contributed by atoms with Crippen LogP contribution in [0.3, 0.4) is 0 Å². The summed E-state index contributed by atoms with van der Waals surface area (Å²) in [5, 5.41) is 10.3. The van der Waals surface area contributed by atoms with Gasteiger partial charge in [0.25, 0.3) is 5.91 Å². The molecule has 0 radical (unpaired) electrons. The van der Waals surface area contributed by atoms with Crippen molar-refractivity contribution in [1.82, 2.24) is 19.6 Å². The second kappa shape index (κ2) is 12.5. The normalized spacial score (nSPS) is 21.7. The van der Waals surface area contributed by atoms with Gasteiger partial charge >= 0.3 is 6.09 Å². The highest BCUT2D eigenvalue weighted by molar-refractivity contribution is 5.94. The van der Waals surface area contributed by atoms with Gasteiger partial charge in [-0.1, -0.05) is 30.3 Å². The molecule has 2 heterocycles. The zero-order valence-electron chi connectivity index (χ0n) is 22.8. The Bertz CT molecular complexity index is 1130. The predicted molar refractivity (Wildman–Crippen MR) is 148 cm³/mol. The quantitative estimate of drug-likeness (QED) is 0.557. The lowest BCUT2D eigenvalue weighted by Crippen LogP contribution is -2.57. The monoisotopic (exact) mass is 520 g/mol. The molecule has 2 aromatic carbocycles. The molecular formula is C30H40N4O4. The number of carbonyl (C=O) groups is 2. The molecule has 8 nitrogen and oxygen atoms in total. The van der Waals surface area contributed by atoms with E-state index >= 15 is 0 Å². The molecule has 8 heteroatoms. The highest BCUT2D eigenvalue weighted by Crippen LogP contribution is 2.35. The van der Waals surface area contributed by atoms with Crippen molar-refractivity contribution in [3.63, 3.8) is 0 Å². The van der Waals surface area contributed by atoms with Crippen LogP contribution < -0.4 is 0 Å². The Labute approximate surface area is 226 Å². The molecule has 204 valence electrons. The predicted octanol–water partition coefficient (Wildman–Crippen LogP) is 3.98. The number of amides is 2. The van der Waals surface area contributed by atoms with Gasteiger partial charge < -0.3 is 19.6 Å². The average Bonchev–Trinajstić information content (AvgIpc) is 2.92. The molecule has 0 aromatic heterocycles. The first-order valence-corrected chi connectivity index (χ1v) is 13.5. The van der Waals surface area contributed by atoms with Gasteiger partial charge in [0.1, 0.15) is 5.75 Å². The third-order valence-corrected chi connectivity index (χ3v) is 7.59. The van der Waals surface area contributed by atoms with E-state index in [9.17, 15) is 14.7 Å². The summed E-state index contributed by atoms with van der Waals surface area (Å²) in [6.45, 7) is 15.0. The minimum absolute atomic E-state index is 0.0396. The van der Waals surface area contributed by atoms with Gasteiger partial charge in [-0.2, -0.15) is 0 Å². The first-order chi connectivity index (χ1) is 18.3. The number of carbonyl (C=O) groups excluding carboxylic acids is 2. The fourth-order valence-electron chi connectivity index (χ4n) is 5.61. The molecule has 1 unspecified atom stereocenters. The maximum atomic E-state index is 13.5. The lowest BCUT2D eigenvalue weighted by molar-refractivity contribution is 0.0306. The molecule has 0 bridgehead atoms. The highest BCUT2D eigenvalue weighted by atomic mass is 16.6. The summed E-state index contributed by atoms with van der Waals surface area (Å²) in [4.78, 5) is 33.9. The molecule has 1 N–H and O–H groups in total. The largest absolute Gasteiger partial charge is 0.508 e. The molecular weight excluding hydrogens is 480 g/mol. The summed E-state index contributed by atoms with van der Waals surface area (Å²) in [6, 6.07) is 15.8. The zero-order valence-corrected chi connectivity index (χ0v) is 22.8. The number of phenolic OH excluding ortho intramolecular Hbond substituents is 1. The number of aromatic hydroxyl groups is 1. The van der Waals surface area contributed by atoms with Crippen molar-refractivity contribution in [1.29, 1.82) is 0 Å². The number of hydrogen-bond acceptors (Lipinski definition) is 6. The number of rotatable bonds is 7. The van der Waals surface area contributed by atoms with Gasteiger partial charge in [0.2, 0.25) is 0 Å². The van der Waals surface area contributed by atoms with E-state index in [-0.39, 0.29) is 29.8 Å². The van der Waals surface area contributed by atoms with E-state index in [0.29, 0.717) is 44.4 Å². The van der Waals surface area contributed by atoms with E-state index in [2.05, 4.69) is 36.3 Å². The van der Waals surface area contributed by atoms with Crippen LogP contribution in [0.4, 0.5) is 4.79 Å². The van der Waals surface area contributed by atoms with Crippen molar-refractivity contribution < 1.29 is 19.4 Å². The van der Waals surface area contributed by atoms with Crippen LogP contribution in [0.25, 0.3) is 0 Å². The van der Waals surface area contributed by atoms with E-state index in [0.717, 1.165) is 30.8 Å². The third-order valence-electron chi connectivity index (χ3n) is 7.59. The van der Waals surface area contributed by atoms with Gasteiger partial charge in [-0.25, -0.2) is 4.79 Å². The maximum absolute atomic E-state index is 13.5. The number of benzene rings is 2. The molecule has 2 saturated heterocycles. The van der Waals surface area contributed by atoms with Crippen LogP contribution in [0.2, 0.25) is 0 Å². The topological polar surface area (TPSA) is 76.6 Å². The minimum atomic E-state index is -0.327. The Kier molecular flexibility index (Phi) is 9.07. The molecule has 2 fully saturated rings.